The Balaban J connectivity index is 2.15. The lowest BCUT2D eigenvalue weighted by Crippen LogP contribution is -2.42. The molecule has 1 N–H and O–H groups in total. The Morgan fingerprint density at radius 1 is 1.33 bits per heavy atom. The van der Waals surface area contributed by atoms with Crippen LogP contribution in [0.15, 0.2) is 30.6 Å². The largest absolute Gasteiger partial charge is 0.347 e. The van der Waals surface area contributed by atoms with E-state index >= 15 is 0 Å². The molecule has 0 saturated carbocycles. The van der Waals surface area contributed by atoms with Gasteiger partial charge in [0.25, 0.3) is 5.91 Å². The summed E-state index contributed by atoms with van der Waals surface area (Å²) in [5, 5.41) is 10.1. The Hall–Kier alpha value is -2.31. The Kier molecular flexibility index (Phi) is 4.62. The molecular formula is C14H16F2N4O. The highest BCUT2D eigenvalue weighted by Gasteiger charge is 2.22. The summed E-state index contributed by atoms with van der Waals surface area (Å²) in [4.78, 5) is 12.1. The lowest BCUT2D eigenvalue weighted by atomic mass is 10.0. The SMILES string of the molecule is CC(C)C(Cn1ccnn1)NC(=O)c1c(F)cccc1F. The first kappa shape index (κ1) is 15.1. The molecule has 1 aromatic carbocycles. The molecular weight excluding hydrogens is 278 g/mol. The van der Waals surface area contributed by atoms with Gasteiger partial charge in [-0.2, -0.15) is 0 Å². The van der Waals surface area contributed by atoms with Crippen LogP contribution in [0.1, 0.15) is 24.2 Å². The molecule has 0 aliphatic carbocycles. The van der Waals surface area contributed by atoms with Gasteiger partial charge in [0.05, 0.1) is 18.8 Å². The second-order valence-corrected chi connectivity index (χ2v) is 5.05. The fraction of sp³-hybridized carbons (Fsp3) is 0.357. The maximum absolute atomic E-state index is 13.6. The van der Waals surface area contributed by atoms with Gasteiger partial charge < -0.3 is 5.32 Å². The van der Waals surface area contributed by atoms with E-state index in [2.05, 4.69) is 15.6 Å². The van der Waals surface area contributed by atoms with Crippen molar-refractivity contribution in [3.8, 4) is 0 Å². The van der Waals surface area contributed by atoms with Crippen LogP contribution in [0.4, 0.5) is 8.78 Å². The average Bonchev–Trinajstić information content (AvgIpc) is 2.90. The van der Waals surface area contributed by atoms with Crippen molar-refractivity contribution in [1.82, 2.24) is 20.3 Å². The van der Waals surface area contributed by atoms with Gasteiger partial charge in [-0.3, -0.25) is 9.48 Å². The third kappa shape index (κ3) is 3.62. The van der Waals surface area contributed by atoms with Gasteiger partial charge in [0.2, 0.25) is 0 Å². The van der Waals surface area contributed by atoms with Crippen LogP contribution in [-0.2, 0) is 6.54 Å². The summed E-state index contributed by atoms with van der Waals surface area (Å²) < 4.78 is 28.8. The highest BCUT2D eigenvalue weighted by atomic mass is 19.1. The second-order valence-electron chi connectivity index (χ2n) is 5.05. The number of carbonyl (C=O) groups excluding carboxylic acids is 1. The number of amides is 1. The molecule has 0 radical (unpaired) electrons. The summed E-state index contributed by atoms with van der Waals surface area (Å²) in [7, 11) is 0. The smallest absolute Gasteiger partial charge is 0.257 e. The minimum absolute atomic E-state index is 0.0629. The summed E-state index contributed by atoms with van der Waals surface area (Å²) >= 11 is 0. The molecule has 2 rings (SSSR count). The highest BCUT2D eigenvalue weighted by molar-refractivity contribution is 5.94. The molecule has 0 bridgehead atoms. The van der Waals surface area contributed by atoms with Crippen molar-refractivity contribution < 1.29 is 13.6 Å². The molecule has 7 heteroatoms. The molecule has 21 heavy (non-hydrogen) atoms. The predicted molar refractivity (Wildman–Crippen MR) is 72.5 cm³/mol. The van der Waals surface area contributed by atoms with Crippen LogP contribution in [0.2, 0.25) is 0 Å². The van der Waals surface area contributed by atoms with E-state index in [9.17, 15) is 13.6 Å². The minimum Gasteiger partial charge on any atom is -0.347 e. The first-order valence-electron chi connectivity index (χ1n) is 6.58. The average molecular weight is 294 g/mol. The van der Waals surface area contributed by atoms with Gasteiger partial charge >= 0.3 is 0 Å². The summed E-state index contributed by atoms with van der Waals surface area (Å²) in [6.07, 6.45) is 3.18. The van der Waals surface area contributed by atoms with Crippen LogP contribution < -0.4 is 5.32 Å². The number of hydrogen-bond acceptors (Lipinski definition) is 3. The van der Waals surface area contributed by atoms with Gasteiger partial charge in [-0.25, -0.2) is 8.78 Å². The lowest BCUT2D eigenvalue weighted by Gasteiger charge is -2.22. The number of halogens is 2. The number of rotatable bonds is 5. The van der Waals surface area contributed by atoms with Crippen molar-refractivity contribution in [3.05, 3.63) is 47.8 Å². The van der Waals surface area contributed by atoms with E-state index < -0.39 is 23.1 Å². The van der Waals surface area contributed by atoms with E-state index in [1.807, 2.05) is 13.8 Å². The van der Waals surface area contributed by atoms with E-state index in [-0.39, 0.29) is 12.0 Å². The molecule has 1 amide bonds. The molecule has 2 aromatic rings. The van der Waals surface area contributed by atoms with Gasteiger partial charge in [0.15, 0.2) is 0 Å². The van der Waals surface area contributed by atoms with Crippen LogP contribution in [-0.4, -0.2) is 26.9 Å². The fourth-order valence-corrected chi connectivity index (χ4v) is 1.91. The van der Waals surface area contributed by atoms with Crippen LogP contribution in [0.3, 0.4) is 0 Å². The molecule has 1 unspecified atom stereocenters. The van der Waals surface area contributed by atoms with Gasteiger partial charge in [-0.1, -0.05) is 25.1 Å². The molecule has 1 atom stereocenters. The van der Waals surface area contributed by atoms with Gasteiger partial charge in [-0.05, 0) is 18.1 Å². The second kappa shape index (κ2) is 6.43. The number of hydrogen-bond donors (Lipinski definition) is 1. The third-order valence-corrected chi connectivity index (χ3v) is 3.17. The topological polar surface area (TPSA) is 59.8 Å². The Morgan fingerprint density at radius 2 is 2.00 bits per heavy atom. The quantitative estimate of drug-likeness (QED) is 0.917. The van der Waals surface area contributed by atoms with E-state index in [1.54, 1.807) is 10.9 Å². The molecule has 0 aliphatic rings. The molecule has 1 heterocycles. The monoisotopic (exact) mass is 294 g/mol. The zero-order chi connectivity index (χ0) is 15.4. The van der Waals surface area contributed by atoms with E-state index in [4.69, 9.17) is 0 Å². The number of carbonyl (C=O) groups is 1. The van der Waals surface area contributed by atoms with Gasteiger partial charge in [0.1, 0.15) is 17.2 Å². The molecule has 0 spiro atoms. The first-order chi connectivity index (χ1) is 9.99. The van der Waals surface area contributed by atoms with Crippen LogP contribution >= 0.6 is 0 Å². The van der Waals surface area contributed by atoms with Crippen molar-refractivity contribution in [2.45, 2.75) is 26.4 Å². The molecule has 0 aliphatic heterocycles. The number of nitrogens with one attached hydrogen (secondary N) is 1. The summed E-state index contributed by atoms with van der Waals surface area (Å²) in [5.74, 6) is -2.47. The van der Waals surface area contributed by atoms with Crippen molar-refractivity contribution in [1.29, 1.82) is 0 Å². The first-order valence-corrected chi connectivity index (χ1v) is 6.58. The van der Waals surface area contributed by atoms with Crippen LogP contribution in [0.25, 0.3) is 0 Å². The van der Waals surface area contributed by atoms with E-state index in [1.165, 1.54) is 12.3 Å². The number of nitrogens with zero attached hydrogens (tertiary/aromatic N) is 3. The van der Waals surface area contributed by atoms with Crippen molar-refractivity contribution in [2.75, 3.05) is 0 Å². The van der Waals surface area contributed by atoms with Gasteiger partial charge in [-0.15, -0.1) is 5.10 Å². The summed E-state index contributed by atoms with van der Waals surface area (Å²) in [6, 6.07) is 3.01. The number of aromatic nitrogens is 3. The van der Waals surface area contributed by atoms with E-state index in [0.29, 0.717) is 6.54 Å². The summed E-state index contributed by atoms with van der Waals surface area (Å²) in [5.41, 5.74) is -0.568. The van der Waals surface area contributed by atoms with Gasteiger partial charge in [0, 0.05) is 6.20 Å². The normalized spacial score (nSPS) is 12.4. The Bertz CT molecular complexity index is 593. The molecule has 112 valence electrons. The van der Waals surface area contributed by atoms with Crippen LogP contribution in [0.5, 0.6) is 0 Å². The molecule has 0 saturated heterocycles. The van der Waals surface area contributed by atoms with E-state index in [0.717, 1.165) is 12.1 Å². The zero-order valence-corrected chi connectivity index (χ0v) is 11.8. The zero-order valence-electron chi connectivity index (χ0n) is 11.8. The summed E-state index contributed by atoms with van der Waals surface area (Å²) in [6.45, 7) is 4.18. The maximum atomic E-state index is 13.6. The maximum Gasteiger partial charge on any atom is 0.257 e. The third-order valence-electron chi connectivity index (χ3n) is 3.17. The van der Waals surface area contributed by atoms with Crippen molar-refractivity contribution in [2.24, 2.45) is 5.92 Å². The molecule has 5 nitrogen and oxygen atoms in total. The number of benzene rings is 1. The fourth-order valence-electron chi connectivity index (χ4n) is 1.91. The standard InChI is InChI=1S/C14H16F2N4O/c1-9(2)12(8-20-7-6-17-19-20)18-14(21)13-10(15)4-3-5-11(13)16/h3-7,9,12H,8H2,1-2H3,(H,18,21). The molecule has 1 aromatic heterocycles. The Labute approximate surface area is 121 Å². The van der Waals surface area contributed by atoms with Crippen LogP contribution in [0, 0.1) is 17.6 Å². The Morgan fingerprint density at radius 3 is 2.52 bits per heavy atom. The predicted octanol–water partition coefficient (Wildman–Crippen LogP) is 2.01. The minimum atomic E-state index is -0.879. The highest BCUT2D eigenvalue weighted by Crippen LogP contribution is 2.13. The lowest BCUT2D eigenvalue weighted by molar-refractivity contribution is 0.0910. The van der Waals surface area contributed by atoms with Crippen molar-refractivity contribution >= 4 is 5.91 Å². The molecule has 0 fully saturated rings. The van der Waals surface area contributed by atoms with Crippen molar-refractivity contribution in [3.63, 3.8) is 0 Å².